The molecule has 3 rings (SSSR count). The predicted octanol–water partition coefficient (Wildman–Crippen LogP) is 3.11. The summed E-state index contributed by atoms with van der Waals surface area (Å²) in [4.78, 5) is 12.7. The number of aryl methyl sites for hydroxylation is 2. The first kappa shape index (κ1) is 21.3. The molecular weight excluding hydrogens is 352 g/mol. The summed E-state index contributed by atoms with van der Waals surface area (Å²) in [5.74, 6) is 0.231. The minimum absolute atomic E-state index is 0.0592. The average Bonchev–Trinajstić information content (AvgIpc) is 3.30. The van der Waals surface area contributed by atoms with Crippen LogP contribution < -0.4 is 10.6 Å². The molecule has 0 bridgehead atoms. The number of hydrogen-bond donors (Lipinski definition) is 2. The Morgan fingerprint density at radius 1 is 1.25 bits per heavy atom. The molecule has 0 radical (unpaired) electrons. The van der Waals surface area contributed by atoms with Crippen LogP contribution in [0.2, 0.25) is 0 Å². The highest BCUT2D eigenvalue weighted by Gasteiger charge is 2.35. The van der Waals surface area contributed by atoms with E-state index in [1.165, 1.54) is 25.7 Å². The predicted molar refractivity (Wildman–Crippen MR) is 111 cm³/mol. The molecule has 3 atom stereocenters. The molecule has 0 aromatic carbocycles. The van der Waals surface area contributed by atoms with Crippen molar-refractivity contribution < 1.29 is 9.53 Å². The van der Waals surface area contributed by atoms with Gasteiger partial charge in [0.2, 0.25) is 5.91 Å². The highest BCUT2D eigenvalue weighted by Crippen LogP contribution is 2.29. The van der Waals surface area contributed by atoms with Crippen molar-refractivity contribution in [1.29, 1.82) is 0 Å². The van der Waals surface area contributed by atoms with Gasteiger partial charge in [0, 0.05) is 36.8 Å². The van der Waals surface area contributed by atoms with Crippen LogP contribution in [0.25, 0.3) is 0 Å². The molecule has 6 heteroatoms. The number of nitrogens with one attached hydrogen (secondary N) is 2. The molecule has 2 aliphatic carbocycles. The van der Waals surface area contributed by atoms with Crippen LogP contribution in [0.4, 0.5) is 0 Å². The van der Waals surface area contributed by atoms with Gasteiger partial charge in [0.05, 0.1) is 18.3 Å². The summed E-state index contributed by atoms with van der Waals surface area (Å²) in [6.45, 7) is 8.32. The van der Waals surface area contributed by atoms with E-state index in [4.69, 9.17) is 4.74 Å². The fourth-order valence-corrected chi connectivity index (χ4v) is 4.74. The smallest absolute Gasteiger partial charge is 0.223 e. The van der Waals surface area contributed by atoms with Gasteiger partial charge in [-0.05, 0) is 58.4 Å². The Balaban J connectivity index is 1.47. The highest BCUT2D eigenvalue weighted by atomic mass is 16.5. The number of carbonyl (C=O) groups excluding carboxylic acids is 1. The molecule has 2 N–H and O–H groups in total. The van der Waals surface area contributed by atoms with Gasteiger partial charge in [0.15, 0.2) is 0 Å². The number of ether oxygens (including phenoxy) is 1. The Morgan fingerprint density at radius 3 is 2.71 bits per heavy atom. The largest absolute Gasteiger partial charge is 0.377 e. The van der Waals surface area contributed by atoms with Crippen LogP contribution in [0.5, 0.6) is 0 Å². The Bertz CT molecular complexity index is 624. The van der Waals surface area contributed by atoms with E-state index < -0.39 is 0 Å². The molecule has 158 valence electrons. The minimum atomic E-state index is 0.0592. The van der Waals surface area contributed by atoms with Crippen LogP contribution in [0, 0.1) is 19.8 Å². The monoisotopic (exact) mass is 390 g/mol. The third kappa shape index (κ3) is 5.80. The lowest BCUT2D eigenvalue weighted by atomic mass is 9.82. The van der Waals surface area contributed by atoms with Crippen molar-refractivity contribution >= 4 is 5.91 Å². The van der Waals surface area contributed by atoms with Gasteiger partial charge < -0.3 is 15.4 Å². The van der Waals surface area contributed by atoms with E-state index >= 15 is 0 Å². The first-order chi connectivity index (χ1) is 13.6. The number of aromatic nitrogens is 2. The zero-order valence-corrected chi connectivity index (χ0v) is 17.9. The third-order valence-corrected chi connectivity index (χ3v) is 6.23. The fourth-order valence-electron chi connectivity index (χ4n) is 4.74. The van der Waals surface area contributed by atoms with Crippen molar-refractivity contribution in [1.82, 2.24) is 20.4 Å². The van der Waals surface area contributed by atoms with Gasteiger partial charge in [-0.25, -0.2) is 0 Å². The van der Waals surface area contributed by atoms with Crippen LogP contribution in [-0.4, -0.2) is 47.0 Å². The van der Waals surface area contributed by atoms with E-state index in [1.807, 2.05) is 11.6 Å². The normalized spacial score (nSPS) is 25.9. The van der Waals surface area contributed by atoms with E-state index in [0.29, 0.717) is 18.6 Å². The van der Waals surface area contributed by atoms with E-state index in [-0.39, 0.29) is 17.9 Å². The SMILES string of the molecule is CCCO[C@@H]1C[C@@H](C(=O)NCCn2nc(C)cc2C)CC[C@H]1NC1CCCC1. The van der Waals surface area contributed by atoms with Gasteiger partial charge in [-0.3, -0.25) is 9.48 Å². The summed E-state index contributed by atoms with van der Waals surface area (Å²) in [5.41, 5.74) is 2.16. The van der Waals surface area contributed by atoms with E-state index in [9.17, 15) is 4.79 Å². The van der Waals surface area contributed by atoms with Crippen LogP contribution in [0.15, 0.2) is 6.07 Å². The molecule has 1 heterocycles. The summed E-state index contributed by atoms with van der Waals surface area (Å²) in [7, 11) is 0. The van der Waals surface area contributed by atoms with Crippen molar-refractivity contribution in [2.75, 3.05) is 13.2 Å². The van der Waals surface area contributed by atoms with Crippen molar-refractivity contribution in [2.24, 2.45) is 5.92 Å². The fraction of sp³-hybridized carbons (Fsp3) is 0.818. The molecule has 1 aromatic heterocycles. The third-order valence-electron chi connectivity index (χ3n) is 6.23. The van der Waals surface area contributed by atoms with Crippen molar-refractivity contribution in [2.45, 2.75) is 96.9 Å². The molecule has 0 saturated heterocycles. The first-order valence-corrected chi connectivity index (χ1v) is 11.2. The Kier molecular flexibility index (Phi) is 7.91. The molecule has 0 spiro atoms. The molecule has 1 amide bonds. The lowest BCUT2D eigenvalue weighted by Gasteiger charge is -2.37. The molecule has 0 unspecified atom stereocenters. The maximum absolute atomic E-state index is 12.7. The van der Waals surface area contributed by atoms with Gasteiger partial charge in [-0.1, -0.05) is 19.8 Å². The second-order valence-electron chi connectivity index (χ2n) is 8.62. The number of hydrogen-bond acceptors (Lipinski definition) is 4. The number of nitrogens with zero attached hydrogens (tertiary/aromatic N) is 2. The number of amides is 1. The molecule has 6 nitrogen and oxygen atoms in total. The number of carbonyl (C=O) groups is 1. The van der Waals surface area contributed by atoms with Crippen molar-refractivity contribution in [3.63, 3.8) is 0 Å². The van der Waals surface area contributed by atoms with Crippen LogP contribution in [0.1, 0.15) is 69.7 Å². The lowest BCUT2D eigenvalue weighted by molar-refractivity contribution is -0.128. The Hall–Kier alpha value is -1.40. The maximum atomic E-state index is 12.7. The second-order valence-corrected chi connectivity index (χ2v) is 8.62. The molecule has 2 aliphatic rings. The van der Waals surface area contributed by atoms with Gasteiger partial charge in [-0.15, -0.1) is 0 Å². The molecule has 0 aliphatic heterocycles. The van der Waals surface area contributed by atoms with Gasteiger partial charge >= 0.3 is 0 Å². The minimum Gasteiger partial charge on any atom is -0.377 e. The summed E-state index contributed by atoms with van der Waals surface area (Å²) in [6, 6.07) is 3.10. The second kappa shape index (κ2) is 10.4. The molecule has 2 saturated carbocycles. The summed E-state index contributed by atoms with van der Waals surface area (Å²) >= 11 is 0. The molecule has 1 aromatic rings. The van der Waals surface area contributed by atoms with E-state index in [2.05, 4.69) is 35.6 Å². The van der Waals surface area contributed by atoms with Crippen molar-refractivity contribution in [3.8, 4) is 0 Å². The van der Waals surface area contributed by atoms with Gasteiger partial charge in [-0.2, -0.15) is 5.10 Å². The van der Waals surface area contributed by atoms with E-state index in [1.54, 1.807) is 0 Å². The van der Waals surface area contributed by atoms with Gasteiger partial charge in [0.1, 0.15) is 0 Å². The molecule has 2 fully saturated rings. The molecule has 28 heavy (non-hydrogen) atoms. The number of rotatable bonds is 9. The topological polar surface area (TPSA) is 68.2 Å². The van der Waals surface area contributed by atoms with Gasteiger partial charge in [0.25, 0.3) is 0 Å². The lowest BCUT2D eigenvalue weighted by Crippen LogP contribution is -2.51. The standard InChI is InChI=1S/C22H38N4O2/c1-4-13-28-21-15-18(9-10-20(21)24-19-7-5-6-8-19)22(27)23-11-12-26-17(3)14-16(2)25-26/h14,18-21,24H,4-13,15H2,1-3H3,(H,23,27)/t18-,20+,21+/m0/s1. The summed E-state index contributed by atoms with van der Waals surface area (Å²) in [6.07, 6.45) is 9.22. The molecular formula is C22H38N4O2. The van der Waals surface area contributed by atoms with Crippen molar-refractivity contribution in [3.05, 3.63) is 17.5 Å². The zero-order chi connectivity index (χ0) is 19.9. The quantitative estimate of drug-likeness (QED) is 0.680. The highest BCUT2D eigenvalue weighted by molar-refractivity contribution is 5.78. The van der Waals surface area contributed by atoms with Crippen LogP contribution >= 0.6 is 0 Å². The van der Waals surface area contributed by atoms with Crippen LogP contribution in [0.3, 0.4) is 0 Å². The van der Waals surface area contributed by atoms with E-state index in [0.717, 1.165) is 50.2 Å². The maximum Gasteiger partial charge on any atom is 0.223 e. The summed E-state index contributed by atoms with van der Waals surface area (Å²) in [5, 5.41) is 11.4. The summed E-state index contributed by atoms with van der Waals surface area (Å²) < 4.78 is 8.13. The van der Waals surface area contributed by atoms with Crippen LogP contribution in [-0.2, 0) is 16.1 Å². The Labute approximate surface area is 169 Å². The zero-order valence-electron chi connectivity index (χ0n) is 17.9. The average molecular weight is 391 g/mol. The first-order valence-electron chi connectivity index (χ1n) is 11.2. The Morgan fingerprint density at radius 2 is 2.04 bits per heavy atom.